The summed E-state index contributed by atoms with van der Waals surface area (Å²) in [7, 11) is 0. The molecule has 0 fully saturated rings. The van der Waals surface area contributed by atoms with E-state index in [0.29, 0.717) is 0 Å². The molecule has 0 radical (unpaired) electrons. The van der Waals surface area contributed by atoms with Gasteiger partial charge < -0.3 is 318 Å². The smallest absolute Gasteiger partial charge is 0.547 e. The van der Waals surface area contributed by atoms with Gasteiger partial charge in [0.2, 0.25) is 0 Å². The van der Waals surface area contributed by atoms with E-state index in [1.807, 2.05) is 0 Å². The van der Waals surface area contributed by atoms with E-state index >= 15 is 0 Å². The van der Waals surface area contributed by atoms with Crippen LogP contribution < -0.4 is 66.7 Å². The number of aliphatic hydroxyl groups excluding tert-OH is 40. The topological polar surface area (TPSA) is 1360 Å². The molecule has 47 N–H and O–H groups in total. The maximum absolute atomic E-state index is 10.1. The van der Waals surface area contributed by atoms with E-state index in [0.717, 1.165) is 0 Å². The van der Waals surface area contributed by atoms with Crippen LogP contribution in [0.4, 0.5) is 0 Å². The van der Waals surface area contributed by atoms with E-state index < -0.39 is 304 Å². The van der Waals surface area contributed by atoms with Crippen molar-refractivity contribution >= 4 is 146 Å². The van der Waals surface area contributed by atoms with Gasteiger partial charge in [-0.1, -0.05) is 0 Å². The number of rotatable bonds is 50. The Balaban J connectivity index is -0.000000121. The average Bonchev–Trinajstić information content (AvgIpc) is 0.955. The van der Waals surface area contributed by atoms with Crippen molar-refractivity contribution in [3.63, 3.8) is 0 Å². The molecule has 40 atom stereocenters. The van der Waals surface area contributed by atoms with Gasteiger partial charge in [0.1, 0.15) is 201 Å². The zero-order valence-corrected chi connectivity index (χ0v) is 70.5. The van der Waals surface area contributed by atoms with Crippen molar-refractivity contribution in [2.45, 2.75) is 244 Å². The summed E-state index contributed by atoms with van der Waals surface area (Å²) in [6, 6.07) is 0. The zero-order valence-electron chi connectivity index (χ0n) is 66.0. The molecular formula is C60H97KMgO70. The number of aldehydes is 10. The Hall–Kier alpha value is -7.80. The van der Waals surface area contributed by atoms with Gasteiger partial charge in [0, 0.05) is 0 Å². The predicted molar refractivity (Wildman–Crippen MR) is 375 cm³/mol. The summed E-state index contributed by atoms with van der Waals surface area (Å²) in [5.74, 6) is -18.3. The van der Waals surface area contributed by atoms with Crippen LogP contribution in [0.1, 0.15) is 0 Å². The molecule has 0 aliphatic rings. The monoisotopic (exact) mass is 2000 g/mol. The third-order valence-corrected chi connectivity index (χ3v) is 14.1. The van der Waals surface area contributed by atoms with Crippen LogP contribution >= 0.6 is 0 Å². The average molecular weight is 2000 g/mol. The molecule has 0 saturated carbocycles. The molecule has 0 unspecified atom stereocenters. The Morgan fingerprint density at radius 2 is 0.205 bits per heavy atom. The molecule has 760 valence electrons. The normalized spacial score (nSPS) is 19.7. The van der Waals surface area contributed by atoms with Crippen LogP contribution in [0.15, 0.2) is 0 Å². The Bertz CT molecular complexity index is 2630. The van der Waals surface area contributed by atoms with Crippen molar-refractivity contribution in [2.24, 2.45) is 0 Å². The third-order valence-electron chi connectivity index (χ3n) is 14.1. The molecule has 0 saturated heterocycles. The first-order valence-corrected chi connectivity index (χ1v) is 33.1. The van der Waals surface area contributed by atoms with Crippen molar-refractivity contribution in [3.05, 3.63) is 0 Å². The van der Waals surface area contributed by atoms with Crippen LogP contribution in [0.25, 0.3) is 0 Å². The summed E-state index contributed by atoms with van der Waals surface area (Å²) in [5.41, 5.74) is 0. The van der Waals surface area contributed by atoms with Crippen molar-refractivity contribution < 1.29 is 403 Å². The number of aliphatic hydroxyl groups is 40. The number of carboxylic acid groups (broad SMARTS) is 10. The van der Waals surface area contributed by atoms with Gasteiger partial charge in [0.15, 0.2) is 106 Å². The first-order chi connectivity index (χ1) is 59.1. The number of carbonyl (C=O) groups is 20. The van der Waals surface area contributed by atoms with Gasteiger partial charge >= 0.3 is 116 Å². The first-order valence-electron chi connectivity index (χ1n) is 33.1. The van der Waals surface area contributed by atoms with E-state index in [2.05, 4.69) is 0 Å². The van der Waals surface area contributed by atoms with Gasteiger partial charge in [-0.25, -0.2) is 33.6 Å². The molecule has 0 aromatic carbocycles. The summed E-state index contributed by atoms with van der Waals surface area (Å²) in [6.07, 6.45) is -84.7. The van der Waals surface area contributed by atoms with Crippen molar-refractivity contribution in [3.8, 4) is 0 Å². The second kappa shape index (κ2) is 79.4. The molecule has 0 rings (SSSR count). The molecule has 0 bridgehead atoms. The minimum Gasteiger partial charge on any atom is -0.547 e. The summed E-state index contributed by atoms with van der Waals surface area (Å²) in [6.45, 7) is 0. The minimum atomic E-state index is -2.36. The van der Waals surface area contributed by atoms with Gasteiger partial charge in [-0.3, -0.25) is 0 Å². The van der Waals surface area contributed by atoms with Crippen LogP contribution in [0.3, 0.4) is 0 Å². The summed E-state index contributed by atoms with van der Waals surface area (Å²) in [4.78, 5) is 199. The van der Waals surface area contributed by atoms with Gasteiger partial charge in [0.25, 0.3) is 0 Å². The van der Waals surface area contributed by atoms with E-state index in [1.165, 1.54) is 0 Å². The molecule has 70 nitrogen and oxygen atoms in total. The molecule has 0 heterocycles. The van der Waals surface area contributed by atoms with Gasteiger partial charge in [-0.2, -0.15) is 0 Å². The Morgan fingerprint density at radius 1 is 0.144 bits per heavy atom. The minimum absolute atomic E-state index is 0. The number of aliphatic carboxylic acids is 10. The Labute approximate surface area is 787 Å². The summed E-state index contributed by atoms with van der Waals surface area (Å²) >= 11 is 0. The number of hydrogen-bond donors (Lipinski definition) is 47. The number of carboxylic acids is 10. The fraction of sp³-hybridized carbons (Fsp3) is 0.667. The molecule has 0 aliphatic carbocycles. The van der Waals surface area contributed by atoms with Crippen molar-refractivity contribution in [1.82, 2.24) is 0 Å². The van der Waals surface area contributed by atoms with Crippen LogP contribution in [-0.4, -0.2) is 630 Å². The van der Waals surface area contributed by atoms with Crippen molar-refractivity contribution in [2.75, 3.05) is 0 Å². The SMILES string of the molecule is O=C[C@H](O)[C@@H](O)[C@@H](O)[C@H](O)C(=O)O.O=C[C@H](O)[C@@H](O)[C@@H](O)[C@H](O)C(=O)O.O=C[C@H](O)[C@@H](O)[C@@H](O)[C@H](O)C(=O)O.O=C[C@H](O)[C@@H](O)[C@@H](O)[C@H](O)C(=O)O.O=C[C@H](O)[C@@H](O)[C@@H](O)[C@H](O)C(=O)O.O=C[C@H](O)[C@@H](O)[C@@H](O)[C@H](O)C(=O)O.O=C[C@H](O)[C@@H](O)[C@@H](O)[C@H](O)C(=O)O.O=C[C@H](O)[C@@H](O)[C@@H](O)[C@H](O)C(=O)[O-].O=C[C@H](O)[C@@H](O)[C@@H](O)[C@H](O)C(=O)[O-].O=C[C@H](O)[C@@H](O)[C@@H](O)[C@H](O)C(=O)[O-].[K+].[Mg+2]. The predicted octanol–water partition coefficient (Wildman–Crippen LogP) is -40.2. The van der Waals surface area contributed by atoms with E-state index in [-0.39, 0.29) is 137 Å². The second-order valence-electron chi connectivity index (χ2n) is 23.9. The second-order valence-corrected chi connectivity index (χ2v) is 23.9. The third kappa shape index (κ3) is 60.5. The molecule has 0 amide bonds. The van der Waals surface area contributed by atoms with E-state index in [9.17, 15) is 111 Å². The summed E-state index contributed by atoms with van der Waals surface area (Å²) < 4.78 is 0. The van der Waals surface area contributed by atoms with Gasteiger partial charge in [-0.05, 0) is 0 Å². The number of hydrogen-bond acceptors (Lipinski definition) is 63. The van der Waals surface area contributed by atoms with E-state index in [4.69, 9.17) is 240 Å². The van der Waals surface area contributed by atoms with Gasteiger partial charge in [-0.15, -0.1) is 0 Å². The van der Waals surface area contributed by atoms with Crippen LogP contribution in [0.5, 0.6) is 0 Å². The van der Waals surface area contributed by atoms with Crippen LogP contribution in [-0.2, 0) is 95.9 Å². The maximum atomic E-state index is 10.1. The molecule has 0 aromatic heterocycles. The van der Waals surface area contributed by atoms with Gasteiger partial charge in [0.05, 0.1) is 17.9 Å². The molecule has 72 heteroatoms. The standard InChI is InChI=1S/10C6H10O7.K.Mg/c10*7-1-2(8)3(9)4(10)5(11)6(12)13;;/h10*1-5,8-11H,(H,12,13);;/q;;;;;;;;;;+1;+2/p-3/t10*2-,3+,4+,5-;;/m0000000000../s1. The first kappa shape index (κ1) is 150. The zero-order chi connectivity index (χ0) is 106. The molecule has 132 heavy (non-hydrogen) atoms. The molecule has 0 spiro atoms. The fourth-order valence-corrected chi connectivity index (χ4v) is 6.13. The number of carbonyl (C=O) groups excluding carboxylic acids is 13. The fourth-order valence-electron chi connectivity index (χ4n) is 6.13. The Morgan fingerprint density at radius 3 is 0.250 bits per heavy atom. The maximum Gasteiger partial charge on any atom is 2.00 e. The van der Waals surface area contributed by atoms with Crippen molar-refractivity contribution in [1.29, 1.82) is 0 Å². The molecular weight excluding hydrogens is 1900 g/mol. The van der Waals surface area contributed by atoms with Crippen LogP contribution in [0, 0.1) is 0 Å². The summed E-state index contributed by atoms with van der Waals surface area (Å²) in [5, 5.41) is 437. The molecule has 0 aliphatic heterocycles. The van der Waals surface area contributed by atoms with E-state index in [1.54, 1.807) is 0 Å². The Kier molecular flexibility index (Phi) is 90.1. The largest absolute Gasteiger partial charge is 2.00 e. The van der Waals surface area contributed by atoms with Crippen LogP contribution in [0.2, 0.25) is 0 Å². The quantitative estimate of drug-likeness (QED) is 0.0199. The molecule has 0 aromatic rings.